The Balaban J connectivity index is 1.80. The summed E-state index contributed by atoms with van der Waals surface area (Å²) < 4.78 is 52.0. The molecule has 0 saturated carbocycles. The highest BCUT2D eigenvalue weighted by atomic mass is 32.2. The molecule has 2 heterocycles. The fraction of sp³-hybridized carbons (Fsp3) is 0.929. The summed E-state index contributed by atoms with van der Waals surface area (Å²) in [7, 11) is -3.26. The number of carbonyl (C=O) groups excluding carboxylic acids is 1. The molecule has 134 valence electrons. The summed E-state index contributed by atoms with van der Waals surface area (Å²) in [5.41, 5.74) is 0. The molecule has 23 heavy (non-hydrogen) atoms. The van der Waals surface area contributed by atoms with E-state index in [1.165, 1.54) is 4.31 Å². The van der Waals surface area contributed by atoms with Crippen LogP contribution in [0.1, 0.15) is 33.1 Å². The number of nitrogens with one attached hydrogen (secondary N) is 2. The smallest absolute Gasteiger partial charge is 0.262 e. The molecule has 0 aliphatic carbocycles. The lowest BCUT2D eigenvalue weighted by atomic mass is 10.1. The lowest BCUT2D eigenvalue weighted by Gasteiger charge is -2.32. The maximum atomic E-state index is 13.1. The molecule has 1 unspecified atom stereocenters. The molecule has 0 aromatic carbocycles. The first-order valence-electron chi connectivity index (χ1n) is 7.98. The molecule has 0 aromatic rings. The molecule has 1 amide bonds. The normalized spacial score (nSPS) is 26.6. The number of nitrogens with zero attached hydrogens (tertiary/aromatic N) is 1. The number of halogens is 2. The van der Waals surface area contributed by atoms with Gasteiger partial charge in [0.05, 0.1) is 18.3 Å². The van der Waals surface area contributed by atoms with E-state index in [0.29, 0.717) is 25.9 Å². The van der Waals surface area contributed by atoms with E-state index >= 15 is 0 Å². The standard InChI is InChI=1S/C14H25F2N3O3S/c1-10(2)8-23(21,22)19-5-3-11(4-6-19)18-13(20)12-7-14(15,16)9-17-12/h10-12,17H,3-9H2,1-2H3,(H,18,20). The summed E-state index contributed by atoms with van der Waals surface area (Å²) in [6, 6.07) is -1.03. The number of piperidine rings is 1. The van der Waals surface area contributed by atoms with Crippen molar-refractivity contribution in [2.45, 2.75) is 51.1 Å². The van der Waals surface area contributed by atoms with Crippen LogP contribution in [0.2, 0.25) is 0 Å². The highest BCUT2D eigenvalue weighted by Gasteiger charge is 2.42. The maximum Gasteiger partial charge on any atom is 0.262 e. The third kappa shape index (κ3) is 5.09. The number of carbonyl (C=O) groups is 1. The van der Waals surface area contributed by atoms with Gasteiger partial charge in [-0.25, -0.2) is 21.5 Å². The zero-order valence-corrected chi connectivity index (χ0v) is 14.3. The SMILES string of the molecule is CC(C)CS(=O)(=O)N1CCC(NC(=O)C2CC(F)(F)CN2)CC1. The number of sulfonamides is 1. The van der Waals surface area contributed by atoms with Gasteiger partial charge in [0.25, 0.3) is 5.92 Å². The van der Waals surface area contributed by atoms with Gasteiger partial charge in [-0.15, -0.1) is 0 Å². The van der Waals surface area contributed by atoms with Crippen molar-refractivity contribution in [2.24, 2.45) is 5.92 Å². The van der Waals surface area contributed by atoms with Crippen LogP contribution in [-0.4, -0.2) is 62.0 Å². The molecule has 2 aliphatic heterocycles. The van der Waals surface area contributed by atoms with E-state index in [1.807, 2.05) is 13.8 Å². The van der Waals surface area contributed by atoms with Gasteiger partial charge in [0.15, 0.2) is 0 Å². The molecular formula is C14H25F2N3O3S. The largest absolute Gasteiger partial charge is 0.352 e. The van der Waals surface area contributed by atoms with Gasteiger partial charge in [0.1, 0.15) is 0 Å². The summed E-state index contributed by atoms with van der Waals surface area (Å²) >= 11 is 0. The Morgan fingerprint density at radius 1 is 1.35 bits per heavy atom. The zero-order chi connectivity index (χ0) is 17.3. The molecule has 0 spiro atoms. The predicted octanol–water partition coefficient (Wildman–Crippen LogP) is 0.550. The van der Waals surface area contributed by atoms with E-state index < -0.39 is 40.9 Å². The topological polar surface area (TPSA) is 78.5 Å². The van der Waals surface area contributed by atoms with Crippen LogP contribution in [0.4, 0.5) is 8.78 Å². The zero-order valence-electron chi connectivity index (χ0n) is 13.5. The quantitative estimate of drug-likeness (QED) is 0.757. The number of alkyl halides is 2. The summed E-state index contributed by atoms with van der Waals surface area (Å²) in [5, 5.41) is 5.28. The van der Waals surface area contributed by atoms with Gasteiger partial charge < -0.3 is 5.32 Å². The first kappa shape index (κ1) is 18.5. The van der Waals surface area contributed by atoms with E-state index in [9.17, 15) is 22.0 Å². The van der Waals surface area contributed by atoms with Crippen molar-refractivity contribution in [3.63, 3.8) is 0 Å². The number of rotatable bonds is 5. The first-order valence-corrected chi connectivity index (χ1v) is 9.59. The first-order chi connectivity index (χ1) is 10.6. The van der Waals surface area contributed by atoms with Crippen LogP contribution < -0.4 is 10.6 Å². The molecule has 1 atom stereocenters. The molecule has 0 aromatic heterocycles. The van der Waals surface area contributed by atoms with E-state index in [0.717, 1.165) is 0 Å². The average molecular weight is 353 g/mol. The Bertz CT molecular complexity index is 531. The van der Waals surface area contributed by atoms with Crippen molar-refractivity contribution in [3.05, 3.63) is 0 Å². The highest BCUT2D eigenvalue weighted by Crippen LogP contribution is 2.25. The molecule has 2 aliphatic rings. The summed E-state index contributed by atoms with van der Waals surface area (Å²) in [6.07, 6.45) is 0.527. The Kier molecular flexibility index (Phi) is 5.63. The van der Waals surface area contributed by atoms with Crippen molar-refractivity contribution < 1.29 is 22.0 Å². The van der Waals surface area contributed by atoms with Crippen LogP contribution in [0, 0.1) is 5.92 Å². The molecule has 0 radical (unpaired) electrons. The van der Waals surface area contributed by atoms with Crippen LogP contribution in [0.5, 0.6) is 0 Å². The Labute approximate surface area is 136 Å². The average Bonchev–Trinajstić information content (AvgIpc) is 2.78. The Morgan fingerprint density at radius 3 is 2.43 bits per heavy atom. The molecule has 2 N–H and O–H groups in total. The van der Waals surface area contributed by atoms with Crippen molar-refractivity contribution in [3.8, 4) is 0 Å². The fourth-order valence-corrected chi connectivity index (χ4v) is 4.83. The second-order valence-electron chi connectivity index (χ2n) is 6.85. The van der Waals surface area contributed by atoms with Gasteiger partial charge in [-0.1, -0.05) is 13.8 Å². The summed E-state index contributed by atoms with van der Waals surface area (Å²) in [4.78, 5) is 12.0. The van der Waals surface area contributed by atoms with Crippen LogP contribution >= 0.6 is 0 Å². The van der Waals surface area contributed by atoms with Crippen molar-refractivity contribution in [1.29, 1.82) is 0 Å². The van der Waals surface area contributed by atoms with Crippen LogP contribution in [0.15, 0.2) is 0 Å². The number of hydrogen-bond donors (Lipinski definition) is 2. The van der Waals surface area contributed by atoms with Crippen LogP contribution in [-0.2, 0) is 14.8 Å². The summed E-state index contributed by atoms with van der Waals surface area (Å²) in [5.74, 6) is -3.08. The molecule has 2 fully saturated rings. The number of hydrogen-bond acceptors (Lipinski definition) is 4. The minimum Gasteiger partial charge on any atom is -0.352 e. The van der Waals surface area contributed by atoms with E-state index in [4.69, 9.17) is 0 Å². The molecule has 0 bridgehead atoms. The molecule has 6 nitrogen and oxygen atoms in total. The Hall–Kier alpha value is -0.800. The second-order valence-corrected chi connectivity index (χ2v) is 8.86. The lowest BCUT2D eigenvalue weighted by molar-refractivity contribution is -0.124. The van der Waals surface area contributed by atoms with Gasteiger partial charge >= 0.3 is 0 Å². The fourth-order valence-electron chi connectivity index (χ4n) is 3.01. The number of amides is 1. The predicted molar refractivity (Wildman–Crippen MR) is 82.7 cm³/mol. The second kappa shape index (κ2) is 6.98. The minimum absolute atomic E-state index is 0.0625. The minimum atomic E-state index is -3.26. The molecule has 9 heteroatoms. The van der Waals surface area contributed by atoms with E-state index in [1.54, 1.807) is 0 Å². The van der Waals surface area contributed by atoms with E-state index in [2.05, 4.69) is 10.6 Å². The lowest BCUT2D eigenvalue weighted by Crippen LogP contribution is -2.50. The van der Waals surface area contributed by atoms with Crippen molar-refractivity contribution >= 4 is 15.9 Å². The van der Waals surface area contributed by atoms with Gasteiger partial charge in [-0.05, 0) is 18.8 Å². The van der Waals surface area contributed by atoms with Crippen molar-refractivity contribution in [2.75, 3.05) is 25.4 Å². The molecule has 2 saturated heterocycles. The summed E-state index contributed by atoms with van der Waals surface area (Å²) in [6.45, 7) is 3.95. The van der Waals surface area contributed by atoms with Crippen molar-refractivity contribution in [1.82, 2.24) is 14.9 Å². The highest BCUT2D eigenvalue weighted by molar-refractivity contribution is 7.89. The van der Waals surface area contributed by atoms with Gasteiger partial charge in [-0.3, -0.25) is 10.1 Å². The van der Waals surface area contributed by atoms with Gasteiger partial charge in [0, 0.05) is 25.6 Å². The maximum absolute atomic E-state index is 13.1. The van der Waals surface area contributed by atoms with Gasteiger partial charge in [-0.2, -0.15) is 0 Å². The van der Waals surface area contributed by atoms with Crippen LogP contribution in [0.3, 0.4) is 0 Å². The monoisotopic (exact) mass is 353 g/mol. The molecular weight excluding hydrogens is 328 g/mol. The third-order valence-corrected chi connectivity index (χ3v) is 6.40. The Morgan fingerprint density at radius 2 is 1.96 bits per heavy atom. The van der Waals surface area contributed by atoms with E-state index in [-0.39, 0.29) is 17.7 Å². The third-order valence-electron chi connectivity index (χ3n) is 4.16. The molecule has 2 rings (SSSR count). The van der Waals surface area contributed by atoms with Crippen LogP contribution in [0.25, 0.3) is 0 Å². The van der Waals surface area contributed by atoms with Gasteiger partial charge in [0.2, 0.25) is 15.9 Å².